The number of sulfone groups is 1. The molecule has 0 spiro atoms. The van der Waals surface area contributed by atoms with Gasteiger partial charge in [0.05, 0.1) is 10.5 Å². The number of fused-ring (bicyclic) bond motifs is 1. The summed E-state index contributed by atoms with van der Waals surface area (Å²) in [4.78, 5) is 26.1. The number of carbonyl (C=O) groups is 2. The van der Waals surface area contributed by atoms with Crippen LogP contribution >= 0.6 is 0 Å². The summed E-state index contributed by atoms with van der Waals surface area (Å²) < 4.78 is 28.8. The Bertz CT molecular complexity index is 1400. The predicted octanol–water partition coefficient (Wildman–Crippen LogP) is 5.36. The zero-order valence-electron chi connectivity index (χ0n) is 18.7. The summed E-state index contributed by atoms with van der Waals surface area (Å²) in [5.41, 5.74) is 4.56. The molecule has 0 aromatic heterocycles. The average Bonchev–Trinajstić information content (AvgIpc) is 2.84. The van der Waals surface area contributed by atoms with E-state index in [2.05, 4.69) is 6.08 Å². The summed E-state index contributed by atoms with van der Waals surface area (Å²) in [6.07, 6.45) is 5.80. The lowest BCUT2D eigenvalue weighted by Gasteiger charge is -2.30. The molecule has 1 aliphatic carbocycles. The number of allylic oxidation sites excluding steroid dienone is 2. The second-order valence-electron chi connectivity index (χ2n) is 8.88. The van der Waals surface area contributed by atoms with Gasteiger partial charge in [-0.2, -0.15) is 0 Å². The quantitative estimate of drug-likeness (QED) is 0.290. The summed E-state index contributed by atoms with van der Waals surface area (Å²) in [5.74, 6) is -1.30. The Morgan fingerprint density at radius 3 is 2.12 bits per heavy atom. The first-order chi connectivity index (χ1) is 16.3. The molecule has 0 amide bonds. The van der Waals surface area contributed by atoms with E-state index in [1.807, 2.05) is 24.3 Å². The molecule has 172 valence electrons. The number of esters is 1. The van der Waals surface area contributed by atoms with Crippen molar-refractivity contribution in [3.63, 3.8) is 0 Å². The number of benzene rings is 3. The Hall–Kier alpha value is -3.51. The molecule has 2 atom stereocenters. The minimum Gasteiger partial charge on any atom is -0.425 e. The summed E-state index contributed by atoms with van der Waals surface area (Å²) in [6, 6.07) is 21.8. The monoisotopic (exact) mass is 472 g/mol. The molecule has 0 radical (unpaired) electrons. The zero-order valence-corrected chi connectivity index (χ0v) is 19.5. The highest BCUT2D eigenvalue weighted by Crippen LogP contribution is 2.39. The summed E-state index contributed by atoms with van der Waals surface area (Å²) >= 11 is 0. The van der Waals surface area contributed by atoms with Gasteiger partial charge in [0.15, 0.2) is 15.6 Å². The van der Waals surface area contributed by atoms with Crippen LogP contribution in [0.1, 0.15) is 35.2 Å². The topological polar surface area (TPSA) is 77.5 Å². The molecule has 3 aromatic rings. The van der Waals surface area contributed by atoms with E-state index in [4.69, 9.17) is 4.74 Å². The molecule has 2 unspecified atom stereocenters. The van der Waals surface area contributed by atoms with Crippen molar-refractivity contribution in [1.29, 1.82) is 0 Å². The molecule has 1 aliphatic heterocycles. The third kappa shape index (κ3) is 4.21. The first kappa shape index (κ1) is 22.3. The first-order valence-electron chi connectivity index (χ1n) is 11.3. The van der Waals surface area contributed by atoms with E-state index in [0.29, 0.717) is 16.2 Å². The van der Waals surface area contributed by atoms with Crippen molar-refractivity contribution >= 4 is 27.2 Å². The van der Waals surface area contributed by atoms with Crippen LogP contribution in [0.4, 0.5) is 0 Å². The van der Waals surface area contributed by atoms with Gasteiger partial charge in [-0.3, -0.25) is 9.59 Å². The van der Waals surface area contributed by atoms with Gasteiger partial charge in [-0.25, -0.2) is 8.42 Å². The lowest BCUT2D eigenvalue weighted by atomic mass is 9.76. The van der Waals surface area contributed by atoms with Gasteiger partial charge in [-0.05, 0) is 71.7 Å². The number of hydrogen-bond acceptors (Lipinski definition) is 5. The molecule has 1 heterocycles. The van der Waals surface area contributed by atoms with E-state index < -0.39 is 21.7 Å². The molecule has 3 aromatic carbocycles. The molecule has 0 saturated heterocycles. The molecular formula is C28H24O5S. The van der Waals surface area contributed by atoms with Gasteiger partial charge in [0.2, 0.25) is 0 Å². The van der Waals surface area contributed by atoms with Gasteiger partial charge in [0, 0.05) is 6.26 Å². The Morgan fingerprint density at radius 1 is 0.824 bits per heavy atom. The van der Waals surface area contributed by atoms with Crippen LogP contribution in [-0.4, -0.2) is 26.4 Å². The van der Waals surface area contributed by atoms with E-state index in [0.717, 1.165) is 41.5 Å². The lowest BCUT2D eigenvalue weighted by molar-refractivity contribution is -0.139. The van der Waals surface area contributed by atoms with Gasteiger partial charge < -0.3 is 4.74 Å². The predicted molar refractivity (Wildman–Crippen MR) is 130 cm³/mol. The third-order valence-electron chi connectivity index (χ3n) is 6.60. The number of ether oxygens (including phenoxy) is 1. The van der Waals surface area contributed by atoms with Gasteiger partial charge in [-0.1, -0.05) is 54.6 Å². The van der Waals surface area contributed by atoms with Crippen LogP contribution in [0.3, 0.4) is 0 Å². The number of carbonyl (C=O) groups excluding carboxylic acids is 2. The summed E-state index contributed by atoms with van der Waals surface area (Å²) in [7, 11) is -3.23. The minimum absolute atomic E-state index is 0.165. The fourth-order valence-corrected chi connectivity index (χ4v) is 5.43. The van der Waals surface area contributed by atoms with Crippen LogP contribution in [0, 0.1) is 11.8 Å². The zero-order chi connectivity index (χ0) is 23.9. The second kappa shape index (κ2) is 8.69. The highest BCUT2D eigenvalue weighted by molar-refractivity contribution is 7.90. The Labute approximate surface area is 199 Å². The van der Waals surface area contributed by atoms with Gasteiger partial charge in [0.1, 0.15) is 11.7 Å². The lowest BCUT2D eigenvalue weighted by Crippen LogP contribution is -2.38. The maximum atomic E-state index is 13.1. The fourth-order valence-electron chi connectivity index (χ4n) is 4.80. The molecule has 0 saturated carbocycles. The van der Waals surface area contributed by atoms with E-state index in [1.54, 1.807) is 48.5 Å². The summed E-state index contributed by atoms with van der Waals surface area (Å²) in [5, 5.41) is 0. The second-order valence-corrected chi connectivity index (χ2v) is 10.9. The number of rotatable bonds is 4. The maximum Gasteiger partial charge on any atom is 0.322 e. The van der Waals surface area contributed by atoms with Crippen molar-refractivity contribution in [3.05, 3.63) is 90.0 Å². The molecule has 0 N–H and O–H groups in total. The largest absolute Gasteiger partial charge is 0.425 e. The normalized spacial score (nSPS) is 20.3. The molecule has 0 fully saturated rings. The van der Waals surface area contributed by atoms with Crippen LogP contribution in [0.5, 0.6) is 5.75 Å². The molecule has 34 heavy (non-hydrogen) atoms. The number of hydrogen-bond donors (Lipinski definition) is 0. The van der Waals surface area contributed by atoms with Crippen molar-refractivity contribution in [2.24, 2.45) is 11.8 Å². The van der Waals surface area contributed by atoms with Gasteiger partial charge >= 0.3 is 5.97 Å². The number of ketones is 1. The van der Waals surface area contributed by atoms with Crippen molar-refractivity contribution < 1.29 is 22.7 Å². The summed E-state index contributed by atoms with van der Waals surface area (Å²) in [6.45, 7) is 0. The first-order valence-corrected chi connectivity index (χ1v) is 13.2. The van der Waals surface area contributed by atoms with E-state index in [-0.39, 0.29) is 11.7 Å². The Kier molecular flexibility index (Phi) is 5.70. The van der Waals surface area contributed by atoms with Gasteiger partial charge in [0.25, 0.3) is 0 Å². The molecule has 0 bridgehead atoms. The highest BCUT2D eigenvalue weighted by Gasteiger charge is 2.41. The fraction of sp³-hybridized carbons (Fsp3) is 0.214. The molecule has 5 nitrogen and oxygen atoms in total. The molecule has 6 heteroatoms. The molecule has 5 rings (SSSR count). The SMILES string of the molecule is CS(=O)(=O)c1ccc(-c2ccc(C3=CC(C4C(=O)Oc5ccccc5C4=O)CCC3)cc2)cc1. The van der Waals surface area contributed by atoms with Gasteiger partial charge in [-0.15, -0.1) is 0 Å². The average molecular weight is 473 g/mol. The van der Waals surface area contributed by atoms with E-state index >= 15 is 0 Å². The number of para-hydroxylation sites is 1. The van der Waals surface area contributed by atoms with Crippen molar-refractivity contribution in [3.8, 4) is 16.9 Å². The number of Topliss-reactive ketones (excluding diaryl/α,β-unsaturated/α-hetero) is 1. The van der Waals surface area contributed by atoms with E-state index in [1.165, 1.54) is 6.26 Å². The highest BCUT2D eigenvalue weighted by atomic mass is 32.2. The smallest absolute Gasteiger partial charge is 0.322 e. The maximum absolute atomic E-state index is 13.1. The van der Waals surface area contributed by atoms with Crippen LogP contribution < -0.4 is 4.74 Å². The Morgan fingerprint density at radius 2 is 1.44 bits per heavy atom. The standard InChI is InChI=1S/C28H24O5S/c1-34(31,32)23-15-13-19(14-16-23)18-9-11-20(12-10-18)21-5-4-6-22(17-21)26-27(29)24-7-2-3-8-25(24)33-28(26)30/h2-3,7-17,22,26H,4-6H2,1H3. The van der Waals surface area contributed by atoms with Crippen LogP contribution in [0.25, 0.3) is 16.7 Å². The van der Waals surface area contributed by atoms with Crippen molar-refractivity contribution in [2.75, 3.05) is 6.26 Å². The Balaban J connectivity index is 1.39. The molecule has 2 aliphatic rings. The minimum atomic E-state index is -3.23. The van der Waals surface area contributed by atoms with E-state index in [9.17, 15) is 18.0 Å². The van der Waals surface area contributed by atoms with Crippen LogP contribution in [0.15, 0.2) is 83.8 Å². The van der Waals surface area contributed by atoms with Crippen molar-refractivity contribution in [2.45, 2.75) is 24.2 Å². The van der Waals surface area contributed by atoms with Crippen LogP contribution in [-0.2, 0) is 14.6 Å². The van der Waals surface area contributed by atoms with Crippen molar-refractivity contribution in [1.82, 2.24) is 0 Å². The molecular weight excluding hydrogens is 448 g/mol. The third-order valence-corrected chi connectivity index (χ3v) is 7.73. The van der Waals surface area contributed by atoms with Crippen LogP contribution in [0.2, 0.25) is 0 Å².